The first kappa shape index (κ1) is 18.8. The molecular formula is C19H28N4O3. The topological polar surface area (TPSA) is 74.8 Å². The monoisotopic (exact) mass is 360 g/mol. The zero-order chi connectivity index (χ0) is 18.5. The number of carbonyl (C=O) groups is 2. The Morgan fingerprint density at radius 1 is 1.23 bits per heavy atom. The molecule has 2 aliphatic rings. The fourth-order valence-electron chi connectivity index (χ4n) is 3.81. The number of likely N-dealkylation sites (tertiary alicyclic amines) is 2. The lowest BCUT2D eigenvalue weighted by Gasteiger charge is -2.32. The molecule has 2 fully saturated rings. The first-order chi connectivity index (χ1) is 12.6. The molecule has 0 spiro atoms. The van der Waals surface area contributed by atoms with Gasteiger partial charge < -0.3 is 19.9 Å². The smallest absolute Gasteiger partial charge is 0.253 e. The molecule has 2 atom stereocenters. The van der Waals surface area contributed by atoms with Gasteiger partial charge in [0.25, 0.3) is 5.91 Å². The molecule has 26 heavy (non-hydrogen) atoms. The summed E-state index contributed by atoms with van der Waals surface area (Å²) in [4.78, 5) is 33.1. The van der Waals surface area contributed by atoms with Crippen LogP contribution in [0.5, 0.6) is 0 Å². The molecule has 1 N–H and O–H groups in total. The number of carbonyl (C=O) groups excluding carboxylic acids is 2. The van der Waals surface area contributed by atoms with Crippen LogP contribution in [0, 0.1) is 5.92 Å². The van der Waals surface area contributed by atoms with Gasteiger partial charge in [0.1, 0.15) is 0 Å². The number of nitrogens with zero attached hydrogens (tertiary/aromatic N) is 3. The van der Waals surface area contributed by atoms with Gasteiger partial charge in [0.2, 0.25) is 5.91 Å². The van der Waals surface area contributed by atoms with Gasteiger partial charge in [-0.25, -0.2) is 0 Å². The standard InChI is InChI=1S/C19H28N4O3/c1-3-26-17-13-22(2)12-16(17)21-18(24)14-6-10-23(11-7-14)19(25)15-4-8-20-9-5-15/h4-5,8-9,14,16-17H,3,6-7,10-13H2,1-2H3,(H,21,24)/t16-,17-/m1/s1. The van der Waals surface area contributed by atoms with E-state index in [1.165, 1.54) is 0 Å². The Bertz CT molecular complexity index is 616. The second-order valence-electron chi connectivity index (χ2n) is 7.13. The Morgan fingerprint density at radius 2 is 1.92 bits per heavy atom. The third-order valence-electron chi connectivity index (χ3n) is 5.24. The molecule has 2 amide bonds. The van der Waals surface area contributed by atoms with Crippen molar-refractivity contribution in [3.63, 3.8) is 0 Å². The van der Waals surface area contributed by atoms with E-state index in [0.717, 1.165) is 13.1 Å². The molecule has 3 heterocycles. The summed E-state index contributed by atoms with van der Waals surface area (Å²) >= 11 is 0. The lowest BCUT2D eigenvalue weighted by Crippen LogP contribution is -2.49. The molecule has 142 valence electrons. The van der Waals surface area contributed by atoms with Crippen LogP contribution >= 0.6 is 0 Å². The lowest BCUT2D eigenvalue weighted by atomic mass is 9.95. The van der Waals surface area contributed by atoms with Crippen LogP contribution in [-0.4, -0.2) is 78.6 Å². The van der Waals surface area contributed by atoms with Crippen molar-refractivity contribution in [2.24, 2.45) is 5.92 Å². The second-order valence-corrected chi connectivity index (χ2v) is 7.13. The number of pyridine rings is 1. The average Bonchev–Trinajstić information content (AvgIpc) is 3.01. The summed E-state index contributed by atoms with van der Waals surface area (Å²) in [7, 11) is 2.04. The van der Waals surface area contributed by atoms with Crippen molar-refractivity contribution in [3.8, 4) is 0 Å². The SMILES string of the molecule is CCO[C@@H]1CN(C)C[C@H]1NC(=O)C1CCN(C(=O)c2ccncc2)CC1. The number of likely N-dealkylation sites (N-methyl/N-ethyl adjacent to an activating group) is 1. The van der Waals surface area contributed by atoms with Gasteiger partial charge in [0.05, 0.1) is 12.1 Å². The van der Waals surface area contributed by atoms with Crippen LogP contribution < -0.4 is 5.32 Å². The Morgan fingerprint density at radius 3 is 2.58 bits per heavy atom. The largest absolute Gasteiger partial charge is 0.375 e. The Hall–Kier alpha value is -1.99. The van der Waals surface area contributed by atoms with Crippen LogP contribution in [0.15, 0.2) is 24.5 Å². The fourth-order valence-corrected chi connectivity index (χ4v) is 3.81. The van der Waals surface area contributed by atoms with Crippen molar-refractivity contribution >= 4 is 11.8 Å². The number of ether oxygens (including phenoxy) is 1. The molecule has 7 heteroatoms. The molecule has 7 nitrogen and oxygen atoms in total. The highest BCUT2D eigenvalue weighted by Gasteiger charge is 2.35. The van der Waals surface area contributed by atoms with E-state index in [9.17, 15) is 9.59 Å². The quantitative estimate of drug-likeness (QED) is 0.840. The number of aromatic nitrogens is 1. The maximum atomic E-state index is 12.7. The summed E-state index contributed by atoms with van der Waals surface area (Å²) in [6.07, 6.45) is 4.71. The summed E-state index contributed by atoms with van der Waals surface area (Å²) < 4.78 is 5.76. The van der Waals surface area contributed by atoms with E-state index in [4.69, 9.17) is 4.74 Å². The highest BCUT2D eigenvalue weighted by Crippen LogP contribution is 2.20. The molecular weight excluding hydrogens is 332 g/mol. The van der Waals surface area contributed by atoms with Crippen molar-refractivity contribution < 1.29 is 14.3 Å². The van der Waals surface area contributed by atoms with Gasteiger partial charge in [-0.3, -0.25) is 14.6 Å². The van der Waals surface area contributed by atoms with Gasteiger partial charge >= 0.3 is 0 Å². The maximum Gasteiger partial charge on any atom is 0.253 e. The van der Waals surface area contributed by atoms with Crippen molar-refractivity contribution in [2.45, 2.75) is 31.9 Å². The van der Waals surface area contributed by atoms with Crippen LogP contribution in [0.1, 0.15) is 30.1 Å². The minimum absolute atomic E-state index is 0.0140. The van der Waals surface area contributed by atoms with Crippen LogP contribution in [0.25, 0.3) is 0 Å². The minimum atomic E-state index is -0.0373. The second kappa shape index (κ2) is 8.60. The number of amides is 2. The summed E-state index contributed by atoms with van der Waals surface area (Å²) in [5.41, 5.74) is 0.649. The molecule has 0 aliphatic carbocycles. The van der Waals surface area contributed by atoms with Crippen molar-refractivity contribution in [3.05, 3.63) is 30.1 Å². The normalized spacial score (nSPS) is 24.6. The number of hydrogen-bond donors (Lipinski definition) is 1. The van der Waals surface area contributed by atoms with Gasteiger partial charge in [-0.15, -0.1) is 0 Å². The third-order valence-corrected chi connectivity index (χ3v) is 5.24. The summed E-state index contributed by atoms with van der Waals surface area (Å²) in [5, 5.41) is 3.17. The molecule has 0 bridgehead atoms. The third kappa shape index (κ3) is 4.40. The summed E-state index contributed by atoms with van der Waals surface area (Å²) in [6, 6.07) is 3.50. The average molecular weight is 360 g/mol. The first-order valence-electron chi connectivity index (χ1n) is 9.38. The van der Waals surface area contributed by atoms with Gasteiger partial charge in [0, 0.05) is 56.7 Å². The fraction of sp³-hybridized carbons (Fsp3) is 0.632. The van der Waals surface area contributed by atoms with E-state index < -0.39 is 0 Å². The van der Waals surface area contributed by atoms with Crippen LogP contribution in [0.2, 0.25) is 0 Å². The van der Waals surface area contributed by atoms with E-state index in [1.807, 2.05) is 18.9 Å². The van der Waals surface area contributed by atoms with E-state index >= 15 is 0 Å². The number of nitrogens with one attached hydrogen (secondary N) is 1. The lowest BCUT2D eigenvalue weighted by molar-refractivity contribution is -0.127. The highest BCUT2D eigenvalue weighted by molar-refractivity contribution is 5.94. The minimum Gasteiger partial charge on any atom is -0.375 e. The molecule has 1 aromatic heterocycles. The predicted octanol–water partition coefficient (Wildman–Crippen LogP) is 0.769. The number of piperidine rings is 1. The number of hydrogen-bond acceptors (Lipinski definition) is 5. The Labute approximate surface area is 154 Å². The summed E-state index contributed by atoms with van der Waals surface area (Å²) in [5.74, 6) is 0.0655. The molecule has 0 saturated carbocycles. The predicted molar refractivity (Wildman–Crippen MR) is 97.7 cm³/mol. The number of rotatable bonds is 5. The molecule has 2 saturated heterocycles. The maximum absolute atomic E-state index is 12.7. The summed E-state index contributed by atoms with van der Waals surface area (Å²) in [6.45, 7) is 5.51. The van der Waals surface area contributed by atoms with Crippen molar-refractivity contribution in [2.75, 3.05) is 39.8 Å². The molecule has 3 rings (SSSR count). The van der Waals surface area contributed by atoms with Crippen LogP contribution in [0.3, 0.4) is 0 Å². The first-order valence-corrected chi connectivity index (χ1v) is 9.38. The molecule has 2 aliphatic heterocycles. The highest BCUT2D eigenvalue weighted by atomic mass is 16.5. The zero-order valence-electron chi connectivity index (χ0n) is 15.6. The molecule has 0 aromatic carbocycles. The van der Waals surface area contributed by atoms with Crippen molar-refractivity contribution in [1.29, 1.82) is 0 Å². The van der Waals surface area contributed by atoms with E-state index in [2.05, 4.69) is 15.2 Å². The van der Waals surface area contributed by atoms with Gasteiger partial charge in [-0.05, 0) is 38.9 Å². The molecule has 0 radical (unpaired) electrons. The van der Waals surface area contributed by atoms with Gasteiger partial charge in [0.15, 0.2) is 0 Å². The van der Waals surface area contributed by atoms with Gasteiger partial charge in [-0.1, -0.05) is 0 Å². The molecule has 1 aromatic rings. The van der Waals surface area contributed by atoms with Crippen molar-refractivity contribution in [1.82, 2.24) is 20.1 Å². The van der Waals surface area contributed by atoms with Crippen LogP contribution in [0.4, 0.5) is 0 Å². The molecule has 0 unspecified atom stereocenters. The van der Waals surface area contributed by atoms with E-state index in [0.29, 0.717) is 38.1 Å². The zero-order valence-corrected chi connectivity index (χ0v) is 15.6. The van der Waals surface area contributed by atoms with Gasteiger partial charge in [-0.2, -0.15) is 0 Å². The van der Waals surface area contributed by atoms with E-state index in [1.54, 1.807) is 24.5 Å². The Balaban J connectivity index is 1.50. The van der Waals surface area contributed by atoms with E-state index in [-0.39, 0.29) is 29.9 Å². The Kier molecular flexibility index (Phi) is 6.21. The van der Waals surface area contributed by atoms with Crippen LogP contribution in [-0.2, 0) is 9.53 Å².